The summed E-state index contributed by atoms with van der Waals surface area (Å²) in [7, 11) is 0. The Labute approximate surface area is 103 Å². The maximum atomic E-state index is 11.8. The van der Waals surface area contributed by atoms with Crippen molar-refractivity contribution in [3.05, 3.63) is 0 Å². The molecular formula is C10H16N2O6. The predicted molar refractivity (Wildman–Crippen MR) is 59.0 cm³/mol. The third-order valence-corrected chi connectivity index (χ3v) is 2.83. The molecular weight excluding hydrogens is 244 g/mol. The minimum absolute atomic E-state index is 0.0943. The Balaban J connectivity index is 2.58. The second-order valence-electron chi connectivity index (χ2n) is 4.19. The zero-order valence-corrected chi connectivity index (χ0v) is 9.94. The van der Waals surface area contributed by atoms with Crippen LogP contribution in [0.2, 0.25) is 0 Å². The highest BCUT2D eigenvalue weighted by molar-refractivity contribution is 5.86. The lowest BCUT2D eigenvalue weighted by Gasteiger charge is -2.38. The van der Waals surface area contributed by atoms with Crippen LogP contribution in [0.1, 0.15) is 13.3 Å². The summed E-state index contributed by atoms with van der Waals surface area (Å²) in [5.41, 5.74) is 0. The average molecular weight is 260 g/mol. The van der Waals surface area contributed by atoms with Gasteiger partial charge in [0.15, 0.2) is 0 Å². The van der Waals surface area contributed by atoms with Gasteiger partial charge < -0.3 is 20.2 Å². The normalized spacial score (nSPS) is 21.9. The molecule has 0 spiro atoms. The summed E-state index contributed by atoms with van der Waals surface area (Å²) in [5.74, 6) is -1.57. The van der Waals surface area contributed by atoms with E-state index < -0.39 is 36.5 Å². The number of amides is 2. The molecule has 102 valence electrons. The number of aliphatic hydroxyl groups is 1. The minimum atomic E-state index is -1.17. The van der Waals surface area contributed by atoms with Crippen molar-refractivity contribution in [3.8, 4) is 0 Å². The maximum Gasteiger partial charge on any atom is 0.408 e. The van der Waals surface area contributed by atoms with Crippen LogP contribution < -0.4 is 0 Å². The van der Waals surface area contributed by atoms with Crippen LogP contribution in [0, 0.1) is 0 Å². The van der Waals surface area contributed by atoms with E-state index in [2.05, 4.69) is 0 Å². The first-order valence-electron chi connectivity index (χ1n) is 5.51. The van der Waals surface area contributed by atoms with E-state index in [0.717, 1.165) is 4.90 Å². The molecule has 18 heavy (non-hydrogen) atoms. The number of aliphatic hydroxyl groups excluding tert-OH is 1. The molecule has 0 aliphatic carbocycles. The monoisotopic (exact) mass is 260 g/mol. The number of nitrogens with zero attached hydrogens (tertiary/aromatic N) is 2. The average Bonchev–Trinajstić information content (AvgIpc) is 2.23. The van der Waals surface area contributed by atoms with Crippen molar-refractivity contribution in [1.29, 1.82) is 0 Å². The molecule has 8 nitrogen and oxygen atoms in total. The van der Waals surface area contributed by atoms with E-state index in [-0.39, 0.29) is 19.6 Å². The molecule has 3 N–H and O–H groups in total. The molecule has 2 atom stereocenters. The maximum absolute atomic E-state index is 11.8. The summed E-state index contributed by atoms with van der Waals surface area (Å²) < 4.78 is 0. The van der Waals surface area contributed by atoms with Gasteiger partial charge in [-0.2, -0.15) is 0 Å². The topological polar surface area (TPSA) is 118 Å². The molecule has 0 radical (unpaired) electrons. The number of carboxylic acid groups (broad SMARTS) is 2. The summed E-state index contributed by atoms with van der Waals surface area (Å²) in [4.78, 5) is 35.3. The minimum Gasteiger partial charge on any atom is -0.481 e. The molecule has 1 aliphatic heterocycles. The number of β-amino-alcohol motifs (C(OH)–C–C–N with tert-alkyl or cyclic N) is 1. The molecule has 1 saturated heterocycles. The summed E-state index contributed by atoms with van der Waals surface area (Å²) in [6, 6.07) is -0.812. The predicted octanol–water partition coefficient (Wildman–Crippen LogP) is -0.967. The van der Waals surface area contributed by atoms with Gasteiger partial charge in [-0.15, -0.1) is 0 Å². The molecule has 0 aromatic carbocycles. The number of carbonyl (C=O) groups excluding carboxylic acids is 1. The molecule has 1 rings (SSSR count). The van der Waals surface area contributed by atoms with Crippen molar-refractivity contribution in [1.82, 2.24) is 9.80 Å². The van der Waals surface area contributed by atoms with Crippen LogP contribution >= 0.6 is 0 Å². The highest BCUT2D eigenvalue weighted by atomic mass is 16.4. The first-order chi connectivity index (χ1) is 8.32. The number of carbonyl (C=O) groups is 3. The molecule has 1 fully saturated rings. The number of hydrogen-bond donors (Lipinski definition) is 3. The van der Waals surface area contributed by atoms with E-state index in [0.29, 0.717) is 0 Å². The number of rotatable bonds is 4. The van der Waals surface area contributed by atoms with Gasteiger partial charge in [0.1, 0.15) is 6.04 Å². The van der Waals surface area contributed by atoms with Gasteiger partial charge in [0.05, 0.1) is 12.5 Å². The van der Waals surface area contributed by atoms with E-state index in [4.69, 9.17) is 10.2 Å². The van der Waals surface area contributed by atoms with E-state index in [1.807, 2.05) is 0 Å². The van der Waals surface area contributed by atoms with Crippen LogP contribution in [0.5, 0.6) is 0 Å². The fraction of sp³-hybridized carbons (Fsp3) is 0.700. The first-order valence-corrected chi connectivity index (χ1v) is 5.51. The van der Waals surface area contributed by atoms with Crippen molar-refractivity contribution in [3.63, 3.8) is 0 Å². The summed E-state index contributed by atoms with van der Waals surface area (Å²) >= 11 is 0. The summed E-state index contributed by atoms with van der Waals surface area (Å²) in [6.07, 6.45) is -2.75. The third kappa shape index (κ3) is 3.33. The molecule has 1 heterocycles. The van der Waals surface area contributed by atoms with Crippen LogP contribution in [0.4, 0.5) is 4.79 Å². The van der Waals surface area contributed by atoms with E-state index in [1.54, 1.807) is 0 Å². The lowest BCUT2D eigenvalue weighted by molar-refractivity contribution is -0.145. The largest absolute Gasteiger partial charge is 0.481 e. The van der Waals surface area contributed by atoms with Gasteiger partial charge in [0.2, 0.25) is 5.91 Å². The lowest BCUT2D eigenvalue weighted by atomic mass is 10.1. The van der Waals surface area contributed by atoms with Gasteiger partial charge in [0, 0.05) is 19.6 Å². The van der Waals surface area contributed by atoms with Crippen molar-refractivity contribution in [2.45, 2.75) is 25.5 Å². The smallest absolute Gasteiger partial charge is 0.408 e. The number of piperazine rings is 1. The quantitative estimate of drug-likeness (QED) is 0.598. The van der Waals surface area contributed by atoms with E-state index >= 15 is 0 Å². The summed E-state index contributed by atoms with van der Waals surface area (Å²) in [5, 5.41) is 26.8. The van der Waals surface area contributed by atoms with Crippen molar-refractivity contribution >= 4 is 18.0 Å². The molecule has 0 aromatic rings. The van der Waals surface area contributed by atoms with Gasteiger partial charge >= 0.3 is 12.1 Å². The molecule has 0 aromatic heterocycles. The SMILES string of the molecule is C[C@H]1C(=O)N(C[C@H](O)CC(=O)O)CCN1C(=O)O. The van der Waals surface area contributed by atoms with Crippen LogP contribution in [-0.4, -0.2) is 74.9 Å². The Morgan fingerprint density at radius 2 is 2.00 bits per heavy atom. The van der Waals surface area contributed by atoms with E-state index in [9.17, 15) is 19.5 Å². The molecule has 1 aliphatic rings. The number of aliphatic carboxylic acids is 1. The Bertz CT molecular complexity index is 358. The third-order valence-electron chi connectivity index (χ3n) is 2.83. The molecule has 8 heteroatoms. The Morgan fingerprint density at radius 3 is 2.50 bits per heavy atom. The van der Waals surface area contributed by atoms with Crippen molar-refractivity contribution in [2.24, 2.45) is 0 Å². The molecule has 2 amide bonds. The lowest BCUT2D eigenvalue weighted by Crippen LogP contribution is -2.58. The second kappa shape index (κ2) is 5.67. The van der Waals surface area contributed by atoms with Crippen molar-refractivity contribution in [2.75, 3.05) is 19.6 Å². The van der Waals surface area contributed by atoms with Crippen LogP contribution in [-0.2, 0) is 9.59 Å². The van der Waals surface area contributed by atoms with Crippen LogP contribution in [0.15, 0.2) is 0 Å². The van der Waals surface area contributed by atoms with Gasteiger partial charge in [-0.25, -0.2) is 4.79 Å². The highest BCUT2D eigenvalue weighted by Crippen LogP contribution is 2.12. The first kappa shape index (κ1) is 14.2. The number of carboxylic acids is 1. The molecule has 0 saturated carbocycles. The molecule has 0 bridgehead atoms. The number of hydrogen-bond acceptors (Lipinski definition) is 4. The van der Waals surface area contributed by atoms with Gasteiger partial charge in [-0.1, -0.05) is 0 Å². The second-order valence-corrected chi connectivity index (χ2v) is 4.19. The van der Waals surface area contributed by atoms with Gasteiger partial charge in [-0.05, 0) is 6.92 Å². The Hall–Kier alpha value is -1.83. The Morgan fingerprint density at radius 1 is 1.39 bits per heavy atom. The zero-order valence-electron chi connectivity index (χ0n) is 9.94. The Kier molecular flexibility index (Phi) is 4.49. The zero-order chi connectivity index (χ0) is 13.9. The van der Waals surface area contributed by atoms with Gasteiger partial charge in [0.25, 0.3) is 0 Å². The fourth-order valence-electron chi connectivity index (χ4n) is 1.89. The van der Waals surface area contributed by atoms with Crippen LogP contribution in [0.3, 0.4) is 0 Å². The van der Waals surface area contributed by atoms with Crippen molar-refractivity contribution < 1.29 is 29.7 Å². The van der Waals surface area contributed by atoms with E-state index in [1.165, 1.54) is 11.8 Å². The summed E-state index contributed by atoms with van der Waals surface area (Å²) in [6.45, 7) is 1.68. The standard InChI is InChI=1S/C10H16N2O6/c1-6-9(16)11(2-3-12(6)10(17)18)5-7(13)4-8(14)15/h6-7,13H,2-5H2,1H3,(H,14,15)(H,17,18)/t6-,7+/m0/s1. The fourth-order valence-corrected chi connectivity index (χ4v) is 1.89. The van der Waals surface area contributed by atoms with Crippen LogP contribution in [0.25, 0.3) is 0 Å². The van der Waals surface area contributed by atoms with Gasteiger partial charge in [-0.3, -0.25) is 14.5 Å². The molecule has 0 unspecified atom stereocenters. The highest BCUT2D eigenvalue weighted by Gasteiger charge is 2.34.